The summed E-state index contributed by atoms with van der Waals surface area (Å²) in [6, 6.07) is 18.8. The van der Waals surface area contributed by atoms with Gasteiger partial charge in [-0.1, -0.05) is 30.3 Å². The van der Waals surface area contributed by atoms with Crippen LogP contribution in [0.5, 0.6) is 0 Å². The molecule has 1 amide bonds. The Labute approximate surface area is 160 Å². The van der Waals surface area contributed by atoms with Gasteiger partial charge in [0.1, 0.15) is 4.88 Å². The molecule has 3 aromatic rings. The highest BCUT2D eigenvalue weighted by Crippen LogP contribution is 2.35. The fourth-order valence-corrected chi connectivity index (χ4v) is 3.86. The van der Waals surface area contributed by atoms with Crippen molar-refractivity contribution in [1.29, 1.82) is 0 Å². The van der Waals surface area contributed by atoms with Gasteiger partial charge in [-0.2, -0.15) is 0 Å². The molecule has 0 unspecified atom stereocenters. The van der Waals surface area contributed by atoms with Crippen molar-refractivity contribution >= 4 is 40.7 Å². The predicted octanol–water partition coefficient (Wildman–Crippen LogP) is 5.18. The average Bonchev–Trinajstić information content (AvgIpc) is 3.12. The minimum absolute atomic E-state index is 0.264. The molecule has 0 atom stereocenters. The van der Waals surface area contributed by atoms with Gasteiger partial charge in [0, 0.05) is 15.3 Å². The fourth-order valence-electron chi connectivity index (χ4n) is 2.41. The molecule has 26 heavy (non-hydrogen) atoms. The van der Waals surface area contributed by atoms with E-state index in [1.54, 1.807) is 30.0 Å². The lowest BCUT2D eigenvalue weighted by atomic mass is 10.2. The number of thiophene rings is 1. The van der Waals surface area contributed by atoms with Crippen LogP contribution in [0, 0.1) is 0 Å². The van der Waals surface area contributed by atoms with Gasteiger partial charge in [0.25, 0.3) is 5.91 Å². The first kappa shape index (κ1) is 18.2. The molecule has 0 saturated heterocycles. The summed E-state index contributed by atoms with van der Waals surface area (Å²) in [6.45, 7) is 0. The standard InChI is InChI=1S/C20H17NO3S2/c1-24-20(23)18-16(12-17(26-18)13-6-4-3-5-7-13)21-19(22)14-8-10-15(25-2)11-9-14/h3-12H,1-2H3,(H,21,22). The normalized spacial score (nSPS) is 10.4. The Hall–Kier alpha value is -2.57. The van der Waals surface area contributed by atoms with Gasteiger partial charge in [-0.3, -0.25) is 4.79 Å². The molecule has 1 N–H and O–H groups in total. The molecule has 0 bridgehead atoms. The summed E-state index contributed by atoms with van der Waals surface area (Å²) < 4.78 is 4.86. The highest BCUT2D eigenvalue weighted by molar-refractivity contribution is 7.98. The van der Waals surface area contributed by atoms with Crippen LogP contribution >= 0.6 is 23.1 Å². The summed E-state index contributed by atoms with van der Waals surface area (Å²) in [4.78, 5) is 27.0. The average molecular weight is 383 g/mol. The monoisotopic (exact) mass is 383 g/mol. The number of hydrogen-bond acceptors (Lipinski definition) is 5. The smallest absolute Gasteiger partial charge is 0.350 e. The number of carbonyl (C=O) groups is 2. The quantitative estimate of drug-likeness (QED) is 0.487. The third kappa shape index (κ3) is 3.98. The molecular formula is C20H17NO3S2. The molecule has 2 aromatic carbocycles. The molecule has 6 heteroatoms. The molecule has 0 spiro atoms. The lowest BCUT2D eigenvalue weighted by Gasteiger charge is -2.06. The van der Waals surface area contributed by atoms with Crippen molar-refractivity contribution in [2.45, 2.75) is 4.90 Å². The molecule has 4 nitrogen and oxygen atoms in total. The first-order valence-corrected chi connectivity index (χ1v) is 9.89. The van der Waals surface area contributed by atoms with E-state index in [1.807, 2.05) is 48.7 Å². The van der Waals surface area contributed by atoms with Gasteiger partial charge in [0.05, 0.1) is 12.8 Å². The number of carbonyl (C=O) groups excluding carboxylic acids is 2. The van der Waals surface area contributed by atoms with Crippen LogP contribution in [0.4, 0.5) is 5.69 Å². The van der Waals surface area contributed by atoms with Crippen LogP contribution in [-0.4, -0.2) is 25.2 Å². The number of benzene rings is 2. The van der Waals surface area contributed by atoms with Crippen LogP contribution < -0.4 is 5.32 Å². The molecule has 1 heterocycles. The highest BCUT2D eigenvalue weighted by Gasteiger charge is 2.20. The summed E-state index contributed by atoms with van der Waals surface area (Å²) in [7, 11) is 1.33. The van der Waals surface area contributed by atoms with Gasteiger partial charge >= 0.3 is 5.97 Å². The van der Waals surface area contributed by atoms with Crippen LogP contribution in [0.1, 0.15) is 20.0 Å². The zero-order valence-electron chi connectivity index (χ0n) is 14.3. The van der Waals surface area contributed by atoms with Crippen LogP contribution in [0.25, 0.3) is 10.4 Å². The van der Waals surface area contributed by atoms with E-state index in [1.165, 1.54) is 18.4 Å². The van der Waals surface area contributed by atoms with Crippen LogP contribution in [0.15, 0.2) is 65.6 Å². The Kier molecular flexibility index (Phi) is 5.75. The first-order chi connectivity index (χ1) is 12.6. The van der Waals surface area contributed by atoms with E-state index in [9.17, 15) is 9.59 Å². The van der Waals surface area contributed by atoms with E-state index < -0.39 is 5.97 Å². The van der Waals surface area contributed by atoms with Crippen molar-refractivity contribution < 1.29 is 14.3 Å². The van der Waals surface area contributed by atoms with Crippen LogP contribution in [0.2, 0.25) is 0 Å². The summed E-state index contributed by atoms with van der Waals surface area (Å²) in [5, 5.41) is 2.83. The molecule has 0 radical (unpaired) electrons. The fraction of sp³-hybridized carbons (Fsp3) is 0.100. The van der Waals surface area contributed by atoms with Crippen molar-refractivity contribution in [3.8, 4) is 10.4 Å². The summed E-state index contributed by atoms with van der Waals surface area (Å²) >= 11 is 2.91. The number of nitrogens with one attached hydrogen (secondary N) is 1. The van der Waals surface area contributed by atoms with Gasteiger partial charge < -0.3 is 10.1 Å². The Bertz CT molecular complexity index is 918. The number of anilines is 1. The summed E-state index contributed by atoms with van der Waals surface area (Å²) in [6.07, 6.45) is 1.98. The van der Waals surface area contributed by atoms with Gasteiger partial charge in [-0.05, 0) is 42.2 Å². The van der Waals surface area contributed by atoms with Gasteiger partial charge in [0.15, 0.2) is 0 Å². The van der Waals surface area contributed by atoms with E-state index in [2.05, 4.69) is 5.32 Å². The summed E-state index contributed by atoms with van der Waals surface area (Å²) in [5.41, 5.74) is 1.97. The van der Waals surface area contributed by atoms with Crippen LogP contribution in [-0.2, 0) is 4.74 Å². The number of amides is 1. The largest absolute Gasteiger partial charge is 0.465 e. The molecular weight excluding hydrogens is 366 g/mol. The van der Waals surface area contributed by atoms with Crippen molar-refractivity contribution in [3.05, 3.63) is 71.1 Å². The zero-order chi connectivity index (χ0) is 18.5. The molecule has 1 aromatic heterocycles. The van der Waals surface area contributed by atoms with E-state index >= 15 is 0 Å². The minimum atomic E-state index is -0.467. The van der Waals surface area contributed by atoms with E-state index in [0.29, 0.717) is 16.1 Å². The molecule has 0 fully saturated rings. The van der Waals surface area contributed by atoms with Crippen molar-refractivity contribution in [2.75, 3.05) is 18.7 Å². The SMILES string of the molecule is COC(=O)c1sc(-c2ccccc2)cc1NC(=O)c1ccc(SC)cc1. The second-order valence-electron chi connectivity index (χ2n) is 5.39. The Morgan fingerprint density at radius 3 is 2.35 bits per heavy atom. The second kappa shape index (κ2) is 8.21. The van der Waals surface area contributed by atoms with Crippen LogP contribution in [0.3, 0.4) is 0 Å². The number of hydrogen-bond donors (Lipinski definition) is 1. The Morgan fingerprint density at radius 1 is 1.04 bits per heavy atom. The second-order valence-corrected chi connectivity index (χ2v) is 7.33. The topological polar surface area (TPSA) is 55.4 Å². The lowest BCUT2D eigenvalue weighted by molar-refractivity contribution is 0.0607. The number of thioether (sulfide) groups is 1. The maximum Gasteiger partial charge on any atom is 0.350 e. The maximum absolute atomic E-state index is 12.6. The Morgan fingerprint density at radius 2 is 1.73 bits per heavy atom. The summed E-state index contributed by atoms with van der Waals surface area (Å²) in [5.74, 6) is -0.731. The molecule has 0 aliphatic rings. The number of ether oxygens (including phenoxy) is 1. The maximum atomic E-state index is 12.6. The lowest BCUT2D eigenvalue weighted by Crippen LogP contribution is -2.13. The van der Waals surface area contributed by atoms with E-state index in [4.69, 9.17) is 4.74 Å². The number of methoxy groups -OCH3 is 1. The molecule has 3 rings (SSSR count). The molecule has 0 saturated carbocycles. The van der Waals surface area contributed by atoms with Gasteiger partial charge in [0.2, 0.25) is 0 Å². The minimum Gasteiger partial charge on any atom is -0.465 e. The predicted molar refractivity (Wildman–Crippen MR) is 107 cm³/mol. The number of esters is 1. The van der Waals surface area contributed by atoms with Gasteiger partial charge in [-0.15, -0.1) is 23.1 Å². The Balaban J connectivity index is 1.91. The van der Waals surface area contributed by atoms with E-state index in [-0.39, 0.29) is 5.91 Å². The molecule has 132 valence electrons. The van der Waals surface area contributed by atoms with E-state index in [0.717, 1.165) is 15.3 Å². The third-order valence-electron chi connectivity index (χ3n) is 3.76. The molecule has 0 aliphatic carbocycles. The highest BCUT2D eigenvalue weighted by atomic mass is 32.2. The van der Waals surface area contributed by atoms with Gasteiger partial charge in [-0.25, -0.2) is 4.79 Å². The first-order valence-electron chi connectivity index (χ1n) is 7.85. The van der Waals surface area contributed by atoms with Crippen molar-refractivity contribution in [3.63, 3.8) is 0 Å². The van der Waals surface area contributed by atoms with Crippen molar-refractivity contribution in [1.82, 2.24) is 0 Å². The number of rotatable bonds is 5. The third-order valence-corrected chi connectivity index (χ3v) is 5.67. The van der Waals surface area contributed by atoms with Crippen molar-refractivity contribution in [2.24, 2.45) is 0 Å². The molecule has 0 aliphatic heterocycles. The zero-order valence-corrected chi connectivity index (χ0v) is 15.9.